The highest BCUT2D eigenvalue weighted by Gasteiger charge is 2.21. The predicted octanol–water partition coefficient (Wildman–Crippen LogP) is 2.29. The zero-order valence-electron chi connectivity index (χ0n) is 7.71. The summed E-state index contributed by atoms with van der Waals surface area (Å²) in [5, 5.41) is 9.71. The van der Waals surface area contributed by atoms with Gasteiger partial charge in [0.15, 0.2) is 5.60 Å². The van der Waals surface area contributed by atoms with Crippen molar-refractivity contribution in [3.05, 3.63) is 24.9 Å². The Labute approximate surface area is 92.6 Å². The molecule has 1 unspecified atom stereocenters. The van der Waals surface area contributed by atoms with Gasteiger partial charge in [0.2, 0.25) is 0 Å². The maximum Gasteiger partial charge on any atom is 0.170 e. The Hall–Kier alpha value is -0.600. The molecule has 3 heteroatoms. The molecule has 0 aromatic carbocycles. The number of hydrogen-bond acceptors (Lipinski definition) is 2. The van der Waals surface area contributed by atoms with Crippen LogP contribution in [0.2, 0.25) is 0 Å². The molecule has 0 heterocycles. The number of halogens is 1. The van der Waals surface area contributed by atoms with Crippen LogP contribution in [0.3, 0.4) is 0 Å². The summed E-state index contributed by atoms with van der Waals surface area (Å²) in [6.45, 7) is 6.79. The van der Waals surface area contributed by atoms with Gasteiger partial charge >= 0.3 is 0 Å². The summed E-state index contributed by atoms with van der Waals surface area (Å²) in [6.07, 6.45) is 4.88. The van der Waals surface area contributed by atoms with Crippen LogP contribution in [0.25, 0.3) is 0 Å². The lowest BCUT2D eigenvalue weighted by Gasteiger charge is -2.13. The van der Waals surface area contributed by atoms with Crippen molar-refractivity contribution in [2.45, 2.75) is 19.4 Å². The molecule has 0 fully saturated rings. The van der Waals surface area contributed by atoms with Gasteiger partial charge in [0.25, 0.3) is 0 Å². The minimum Gasteiger partial charge on any atom is -0.372 e. The van der Waals surface area contributed by atoms with Crippen LogP contribution < -0.4 is 0 Å². The Balaban J connectivity index is 4.62. The quantitative estimate of drug-likeness (QED) is 0.368. The Morgan fingerprint density at radius 2 is 2.31 bits per heavy atom. The van der Waals surface area contributed by atoms with E-state index in [-0.39, 0.29) is 0 Å². The fraction of sp³-hybridized carbons (Fsp3) is 0.300. The van der Waals surface area contributed by atoms with Gasteiger partial charge < -0.3 is 5.11 Å². The molecule has 0 aromatic rings. The van der Waals surface area contributed by atoms with E-state index in [0.29, 0.717) is 3.72 Å². The van der Waals surface area contributed by atoms with Crippen LogP contribution in [0.5, 0.6) is 0 Å². The third kappa shape index (κ3) is 4.86. The lowest BCUT2D eigenvalue weighted by molar-refractivity contribution is 0.199. The maximum absolute atomic E-state index is 9.71. The molecule has 0 amide bonds. The van der Waals surface area contributed by atoms with E-state index >= 15 is 0 Å². The molecule has 0 rings (SSSR count). The van der Waals surface area contributed by atoms with Crippen molar-refractivity contribution in [1.82, 2.24) is 0 Å². The molecule has 0 aliphatic carbocycles. The summed E-state index contributed by atoms with van der Waals surface area (Å²) >= 11 is 1.96. The van der Waals surface area contributed by atoms with Crippen LogP contribution in [-0.2, 0) is 0 Å². The molecule has 0 aliphatic rings. The highest BCUT2D eigenvalue weighted by molar-refractivity contribution is 14.1. The normalized spacial score (nSPS) is 16.2. The molecule has 0 saturated heterocycles. The molecular weight excluding hydrogens is 277 g/mol. The first kappa shape index (κ1) is 12.4. The second-order valence-corrected chi connectivity index (χ2v) is 3.47. The van der Waals surface area contributed by atoms with Crippen LogP contribution in [0.15, 0.2) is 29.9 Å². The lowest BCUT2D eigenvalue weighted by Crippen LogP contribution is -2.28. The smallest absolute Gasteiger partial charge is 0.170 e. The molecule has 1 N–H and O–H groups in total. The minimum absolute atomic E-state index is 0.539. The van der Waals surface area contributed by atoms with Crippen LogP contribution in [0.4, 0.5) is 0 Å². The zero-order valence-corrected chi connectivity index (χ0v) is 9.87. The molecule has 2 nitrogen and oxygen atoms in total. The van der Waals surface area contributed by atoms with E-state index in [1.54, 1.807) is 32.2 Å². The molecule has 0 aliphatic heterocycles. The Bertz CT molecular complexity index is 292. The minimum atomic E-state index is -1.15. The Morgan fingerprint density at radius 3 is 2.77 bits per heavy atom. The van der Waals surface area contributed by atoms with Gasteiger partial charge in [0, 0.05) is 6.20 Å². The summed E-state index contributed by atoms with van der Waals surface area (Å²) in [4.78, 5) is 4.00. The van der Waals surface area contributed by atoms with Crippen molar-refractivity contribution in [1.29, 1.82) is 0 Å². The van der Waals surface area contributed by atoms with Gasteiger partial charge in [0.1, 0.15) is 3.72 Å². The number of rotatable bonds is 3. The molecule has 0 spiro atoms. The first-order valence-electron chi connectivity index (χ1n) is 3.72. The summed E-state index contributed by atoms with van der Waals surface area (Å²) in [5.74, 6) is 5.31. The SMILES string of the molecule is C=C/C=C\N=C(I)C(C)(O)C#CC. The van der Waals surface area contributed by atoms with E-state index in [1.165, 1.54) is 0 Å². The van der Waals surface area contributed by atoms with E-state index in [9.17, 15) is 5.11 Å². The monoisotopic (exact) mass is 289 g/mol. The van der Waals surface area contributed by atoms with E-state index in [0.717, 1.165) is 0 Å². The molecule has 13 heavy (non-hydrogen) atoms. The first-order valence-corrected chi connectivity index (χ1v) is 4.80. The van der Waals surface area contributed by atoms with E-state index in [2.05, 4.69) is 23.4 Å². The van der Waals surface area contributed by atoms with Crippen molar-refractivity contribution in [2.24, 2.45) is 4.99 Å². The maximum atomic E-state index is 9.71. The van der Waals surface area contributed by atoms with Gasteiger partial charge in [-0.15, -0.1) is 5.92 Å². The number of nitrogens with zero attached hydrogens (tertiary/aromatic N) is 1. The largest absolute Gasteiger partial charge is 0.372 e. The molecule has 70 valence electrons. The van der Waals surface area contributed by atoms with Crippen LogP contribution >= 0.6 is 22.6 Å². The predicted molar refractivity (Wildman–Crippen MR) is 64.9 cm³/mol. The molecule has 0 saturated carbocycles. The van der Waals surface area contributed by atoms with E-state index in [1.807, 2.05) is 22.6 Å². The molecule has 0 bridgehead atoms. The van der Waals surface area contributed by atoms with E-state index in [4.69, 9.17) is 0 Å². The summed E-state index contributed by atoms with van der Waals surface area (Å²) in [7, 11) is 0. The van der Waals surface area contributed by atoms with Crippen LogP contribution in [0.1, 0.15) is 13.8 Å². The molecular formula is C10H12INO. The highest BCUT2D eigenvalue weighted by atomic mass is 127. The number of aliphatic imine (C=N–C) groups is 1. The molecule has 0 radical (unpaired) electrons. The van der Waals surface area contributed by atoms with E-state index < -0.39 is 5.60 Å². The van der Waals surface area contributed by atoms with Gasteiger partial charge in [-0.1, -0.05) is 18.6 Å². The van der Waals surface area contributed by atoms with Crippen LogP contribution in [-0.4, -0.2) is 14.4 Å². The number of aliphatic hydroxyl groups is 1. The fourth-order valence-electron chi connectivity index (χ4n) is 0.590. The van der Waals surface area contributed by atoms with Crippen molar-refractivity contribution in [3.63, 3.8) is 0 Å². The van der Waals surface area contributed by atoms with Crippen LogP contribution in [0, 0.1) is 11.8 Å². The third-order valence-electron chi connectivity index (χ3n) is 1.18. The summed E-state index contributed by atoms with van der Waals surface area (Å²) < 4.78 is 0.539. The first-order chi connectivity index (χ1) is 6.04. The Kier molecular flexibility index (Phi) is 5.67. The van der Waals surface area contributed by atoms with Crippen molar-refractivity contribution < 1.29 is 5.11 Å². The fourth-order valence-corrected chi connectivity index (χ4v) is 0.886. The summed E-state index contributed by atoms with van der Waals surface area (Å²) in [6, 6.07) is 0. The standard InChI is InChI=1S/C10H12INO/c1-4-6-8-12-9(11)10(3,13)7-5-2/h4,6,8,13H,1H2,2-3H3/b8-6-,12-9?. The number of hydrogen-bond donors (Lipinski definition) is 1. The van der Waals surface area contributed by atoms with Crippen molar-refractivity contribution in [2.75, 3.05) is 0 Å². The topological polar surface area (TPSA) is 32.6 Å². The van der Waals surface area contributed by atoms with Gasteiger partial charge in [0.05, 0.1) is 0 Å². The van der Waals surface area contributed by atoms with Gasteiger partial charge in [-0.25, -0.2) is 0 Å². The Morgan fingerprint density at radius 1 is 1.69 bits per heavy atom. The molecule has 0 aromatic heterocycles. The second-order valence-electron chi connectivity index (χ2n) is 2.44. The lowest BCUT2D eigenvalue weighted by atomic mass is 10.1. The van der Waals surface area contributed by atoms with Gasteiger partial charge in [-0.3, -0.25) is 4.99 Å². The second kappa shape index (κ2) is 5.95. The number of allylic oxidation sites excluding steroid dienone is 2. The molecule has 1 atom stereocenters. The van der Waals surface area contributed by atoms with Crippen molar-refractivity contribution >= 4 is 26.3 Å². The summed E-state index contributed by atoms with van der Waals surface area (Å²) in [5.41, 5.74) is -1.15. The average Bonchev–Trinajstić information content (AvgIpc) is 2.04. The third-order valence-corrected chi connectivity index (χ3v) is 2.51. The zero-order chi connectivity index (χ0) is 10.3. The highest BCUT2D eigenvalue weighted by Crippen LogP contribution is 2.11. The van der Waals surface area contributed by atoms with Gasteiger partial charge in [-0.2, -0.15) is 0 Å². The van der Waals surface area contributed by atoms with Crippen molar-refractivity contribution in [3.8, 4) is 11.8 Å². The average molecular weight is 289 g/mol. The van der Waals surface area contributed by atoms with Gasteiger partial charge in [-0.05, 0) is 42.5 Å².